The summed E-state index contributed by atoms with van der Waals surface area (Å²) in [6, 6.07) is 0. The molecule has 3 unspecified atom stereocenters. The standard InChI is InChI=1S/C12H19N3S/c1-2-5-15-11(13-14-12(15)16)10-7-8-3-4-9(10)6-8/h8-10H,2-7H2,1H3,(H,14,16). The molecule has 0 aromatic carbocycles. The lowest BCUT2D eigenvalue weighted by molar-refractivity contribution is 0.391. The number of aromatic nitrogens is 3. The van der Waals surface area contributed by atoms with Gasteiger partial charge in [0.1, 0.15) is 5.82 Å². The van der Waals surface area contributed by atoms with E-state index in [1.54, 1.807) is 0 Å². The van der Waals surface area contributed by atoms with Gasteiger partial charge in [-0.3, -0.25) is 5.10 Å². The number of hydrogen-bond acceptors (Lipinski definition) is 2. The van der Waals surface area contributed by atoms with E-state index in [4.69, 9.17) is 12.2 Å². The van der Waals surface area contributed by atoms with Crippen molar-refractivity contribution in [1.29, 1.82) is 0 Å². The Kier molecular flexibility index (Phi) is 2.62. The molecule has 2 saturated carbocycles. The Morgan fingerprint density at radius 1 is 1.44 bits per heavy atom. The average molecular weight is 237 g/mol. The molecule has 1 aromatic heterocycles. The van der Waals surface area contributed by atoms with Crippen LogP contribution < -0.4 is 0 Å². The van der Waals surface area contributed by atoms with Crippen LogP contribution in [0.2, 0.25) is 0 Å². The fourth-order valence-electron chi connectivity index (χ4n) is 3.61. The van der Waals surface area contributed by atoms with Crippen LogP contribution in [0.25, 0.3) is 0 Å². The van der Waals surface area contributed by atoms with Gasteiger partial charge in [-0.2, -0.15) is 5.10 Å². The van der Waals surface area contributed by atoms with E-state index in [1.807, 2.05) is 0 Å². The molecule has 1 N–H and O–H groups in total. The Morgan fingerprint density at radius 3 is 2.94 bits per heavy atom. The molecule has 2 bridgehead atoms. The van der Waals surface area contributed by atoms with Gasteiger partial charge in [-0.1, -0.05) is 13.3 Å². The number of H-pyrrole nitrogens is 1. The van der Waals surface area contributed by atoms with Crippen molar-refractivity contribution in [2.24, 2.45) is 11.8 Å². The van der Waals surface area contributed by atoms with Crippen molar-refractivity contribution in [3.63, 3.8) is 0 Å². The smallest absolute Gasteiger partial charge is 0.195 e. The molecule has 0 aliphatic heterocycles. The van der Waals surface area contributed by atoms with Crippen LogP contribution in [-0.2, 0) is 6.54 Å². The van der Waals surface area contributed by atoms with Crippen molar-refractivity contribution >= 4 is 12.2 Å². The molecule has 3 nitrogen and oxygen atoms in total. The van der Waals surface area contributed by atoms with Crippen LogP contribution in [0.15, 0.2) is 0 Å². The van der Waals surface area contributed by atoms with E-state index in [0.29, 0.717) is 5.92 Å². The van der Waals surface area contributed by atoms with Crippen LogP contribution in [0.4, 0.5) is 0 Å². The minimum atomic E-state index is 0.679. The fourth-order valence-corrected chi connectivity index (χ4v) is 3.84. The fraction of sp³-hybridized carbons (Fsp3) is 0.833. The van der Waals surface area contributed by atoms with E-state index in [9.17, 15) is 0 Å². The van der Waals surface area contributed by atoms with Crippen molar-refractivity contribution in [3.05, 3.63) is 10.6 Å². The maximum atomic E-state index is 5.30. The lowest BCUT2D eigenvalue weighted by Crippen LogP contribution is -2.15. The summed E-state index contributed by atoms with van der Waals surface area (Å²) in [6.45, 7) is 3.21. The van der Waals surface area contributed by atoms with Crippen LogP contribution in [0, 0.1) is 16.6 Å². The van der Waals surface area contributed by atoms with Crippen molar-refractivity contribution in [1.82, 2.24) is 14.8 Å². The van der Waals surface area contributed by atoms with E-state index in [1.165, 1.54) is 31.5 Å². The van der Waals surface area contributed by atoms with E-state index in [2.05, 4.69) is 21.7 Å². The number of rotatable bonds is 3. The first kappa shape index (κ1) is 10.5. The topological polar surface area (TPSA) is 33.6 Å². The molecular weight excluding hydrogens is 218 g/mol. The van der Waals surface area contributed by atoms with Gasteiger partial charge in [-0.05, 0) is 49.7 Å². The zero-order chi connectivity index (χ0) is 11.1. The Labute approximate surface area is 101 Å². The summed E-state index contributed by atoms with van der Waals surface area (Å²) in [5.41, 5.74) is 0. The molecule has 3 atom stereocenters. The summed E-state index contributed by atoms with van der Waals surface area (Å²) in [4.78, 5) is 0. The molecule has 0 radical (unpaired) electrons. The Hall–Kier alpha value is -0.640. The van der Waals surface area contributed by atoms with Gasteiger partial charge in [0.25, 0.3) is 0 Å². The second-order valence-electron chi connectivity index (χ2n) is 5.32. The second kappa shape index (κ2) is 3.99. The van der Waals surface area contributed by atoms with Gasteiger partial charge in [-0.25, -0.2) is 0 Å². The molecule has 2 fully saturated rings. The summed E-state index contributed by atoms with van der Waals surface area (Å²) in [5, 5.41) is 7.46. The monoisotopic (exact) mass is 237 g/mol. The summed E-state index contributed by atoms with van der Waals surface area (Å²) >= 11 is 5.30. The highest BCUT2D eigenvalue weighted by atomic mass is 32.1. The van der Waals surface area contributed by atoms with Gasteiger partial charge in [0.15, 0.2) is 4.77 Å². The maximum Gasteiger partial charge on any atom is 0.195 e. The van der Waals surface area contributed by atoms with E-state index in [-0.39, 0.29) is 0 Å². The Morgan fingerprint density at radius 2 is 2.31 bits per heavy atom. The highest BCUT2D eigenvalue weighted by molar-refractivity contribution is 7.71. The first-order valence-electron chi connectivity index (χ1n) is 6.44. The second-order valence-corrected chi connectivity index (χ2v) is 5.71. The highest BCUT2D eigenvalue weighted by Gasteiger charge is 2.42. The van der Waals surface area contributed by atoms with Crippen LogP contribution in [0.5, 0.6) is 0 Å². The van der Waals surface area contributed by atoms with Gasteiger partial charge >= 0.3 is 0 Å². The molecule has 0 spiro atoms. The van der Waals surface area contributed by atoms with Gasteiger partial charge in [0.2, 0.25) is 0 Å². The minimum Gasteiger partial charge on any atom is -0.304 e. The first-order valence-corrected chi connectivity index (χ1v) is 6.85. The third-order valence-electron chi connectivity index (χ3n) is 4.30. The average Bonchev–Trinajstić information content (AvgIpc) is 2.95. The van der Waals surface area contributed by atoms with Crippen molar-refractivity contribution in [2.45, 2.75) is 51.5 Å². The first-order chi connectivity index (χ1) is 7.79. The summed E-state index contributed by atoms with van der Waals surface area (Å²) < 4.78 is 3.03. The number of fused-ring (bicyclic) bond motifs is 2. The van der Waals surface area contributed by atoms with Gasteiger partial charge in [-0.15, -0.1) is 0 Å². The molecule has 16 heavy (non-hydrogen) atoms. The van der Waals surface area contributed by atoms with E-state index in [0.717, 1.165) is 29.6 Å². The van der Waals surface area contributed by atoms with E-state index >= 15 is 0 Å². The van der Waals surface area contributed by atoms with Crippen LogP contribution >= 0.6 is 12.2 Å². The van der Waals surface area contributed by atoms with Crippen LogP contribution in [-0.4, -0.2) is 14.8 Å². The Balaban J connectivity index is 1.91. The van der Waals surface area contributed by atoms with Crippen LogP contribution in [0.3, 0.4) is 0 Å². The highest BCUT2D eigenvalue weighted by Crippen LogP contribution is 2.52. The summed E-state index contributed by atoms with van der Waals surface area (Å²) in [7, 11) is 0. The molecular formula is C12H19N3S. The SMILES string of the molecule is CCCn1c(C2CC3CCC2C3)n[nH]c1=S. The molecule has 4 heteroatoms. The molecule has 1 heterocycles. The van der Waals surface area contributed by atoms with Gasteiger partial charge < -0.3 is 4.57 Å². The summed E-state index contributed by atoms with van der Waals surface area (Å²) in [6.07, 6.45) is 6.74. The van der Waals surface area contributed by atoms with Crippen molar-refractivity contribution in [3.8, 4) is 0 Å². The number of nitrogens with zero attached hydrogens (tertiary/aromatic N) is 2. The Bertz CT molecular complexity index is 434. The van der Waals surface area contributed by atoms with Crippen molar-refractivity contribution in [2.75, 3.05) is 0 Å². The molecule has 3 rings (SSSR count). The number of nitrogens with one attached hydrogen (secondary N) is 1. The normalized spacial score (nSPS) is 32.4. The molecule has 0 saturated heterocycles. The lowest BCUT2D eigenvalue weighted by Gasteiger charge is -2.21. The third-order valence-corrected chi connectivity index (χ3v) is 4.62. The molecule has 0 amide bonds. The van der Waals surface area contributed by atoms with Crippen LogP contribution in [0.1, 0.15) is 50.8 Å². The van der Waals surface area contributed by atoms with Crippen molar-refractivity contribution < 1.29 is 0 Å². The largest absolute Gasteiger partial charge is 0.304 e. The zero-order valence-corrected chi connectivity index (χ0v) is 10.6. The summed E-state index contributed by atoms with van der Waals surface area (Å²) in [5.74, 6) is 3.76. The van der Waals surface area contributed by atoms with E-state index < -0.39 is 0 Å². The number of aromatic amines is 1. The predicted molar refractivity (Wildman–Crippen MR) is 65.9 cm³/mol. The third kappa shape index (κ3) is 1.54. The molecule has 2 aliphatic rings. The van der Waals surface area contributed by atoms with Gasteiger partial charge in [0, 0.05) is 12.5 Å². The van der Waals surface area contributed by atoms with Gasteiger partial charge in [0.05, 0.1) is 0 Å². The zero-order valence-electron chi connectivity index (χ0n) is 9.78. The lowest BCUT2D eigenvalue weighted by atomic mass is 9.88. The molecule has 2 aliphatic carbocycles. The predicted octanol–water partition coefficient (Wildman–Crippen LogP) is 3.25. The number of hydrogen-bond donors (Lipinski definition) is 1. The quantitative estimate of drug-likeness (QED) is 0.819. The molecule has 1 aromatic rings. The molecule has 88 valence electrons. The maximum absolute atomic E-state index is 5.30. The minimum absolute atomic E-state index is 0.679.